The molecule has 3 amide bonds. The number of nitrogens with one attached hydrogen (secondary N) is 1. The van der Waals surface area contributed by atoms with Gasteiger partial charge in [-0.05, 0) is 23.3 Å². The summed E-state index contributed by atoms with van der Waals surface area (Å²) in [5.74, 6) is -2.87. The van der Waals surface area contributed by atoms with E-state index in [1.807, 2.05) is 0 Å². The van der Waals surface area contributed by atoms with Crippen LogP contribution in [0.1, 0.15) is 42.5 Å². The van der Waals surface area contributed by atoms with Crippen molar-refractivity contribution in [2.24, 2.45) is 10.6 Å². The van der Waals surface area contributed by atoms with E-state index in [-0.39, 0.29) is 37.4 Å². The molecule has 2 aliphatic rings. The van der Waals surface area contributed by atoms with Crippen LogP contribution in [0.15, 0.2) is 40.6 Å². The van der Waals surface area contributed by atoms with Gasteiger partial charge in [0.25, 0.3) is 5.91 Å². The molecule has 4 rings (SSSR count). The first-order valence-corrected chi connectivity index (χ1v) is 13.9. The number of anilines is 1. The zero-order valence-electron chi connectivity index (χ0n) is 22.5. The van der Waals surface area contributed by atoms with E-state index in [4.69, 9.17) is 5.14 Å². The number of primary sulfonamides is 1. The third-order valence-electron chi connectivity index (χ3n) is 6.83. The number of alkyl halides is 3. The average Bonchev–Trinajstić information content (AvgIpc) is 3.42. The van der Waals surface area contributed by atoms with Gasteiger partial charge in [-0.3, -0.25) is 14.6 Å². The number of halogens is 4. The quantitative estimate of drug-likeness (QED) is 0.340. The number of aromatic nitrogens is 2. The highest BCUT2D eigenvalue weighted by Gasteiger charge is 2.43. The van der Waals surface area contributed by atoms with Crippen LogP contribution >= 0.6 is 0 Å². The molecule has 226 valence electrons. The van der Waals surface area contributed by atoms with Crippen LogP contribution in [0.5, 0.6) is 0 Å². The molecule has 2 aromatic heterocycles. The van der Waals surface area contributed by atoms with Crippen molar-refractivity contribution in [2.75, 3.05) is 25.0 Å². The minimum Gasteiger partial charge on any atom is -0.465 e. The highest BCUT2D eigenvalue weighted by Crippen LogP contribution is 2.37. The van der Waals surface area contributed by atoms with Crippen LogP contribution in [-0.2, 0) is 27.4 Å². The van der Waals surface area contributed by atoms with Crippen molar-refractivity contribution in [3.63, 3.8) is 0 Å². The number of carboxylic acid groups (broad SMARTS) is 1. The Hall–Kier alpha value is -4.12. The van der Waals surface area contributed by atoms with Gasteiger partial charge < -0.3 is 20.2 Å². The Bertz CT molecular complexity index is 1620. The third-order valence-corrected chi connectivity index (χ3v) is 7.71. The van der Waals surface area contributed by atoms with Gasteiger partial charge in [0.2, 0.25) is 15.9 Å². The fourth-order valence-corrected chi connectivity index (χ4v) is 5.03. The summed E-state index contributed by atoms with van der Waals surface area (Å²) in [6.07, 6.45) is -5.01. The minimum atomic E-state index is -4.78. The molecule has 4 N–H and O–H groups in total. The number of carbonyl (C=O) groups excluding carboxylic acids is 2. The lowest BCUT2D eigenvalue weighted by Crippen LogP contribution is -2.43. The maximum absolute atomic E-state index is 14.9. The summed E-state index contributed by atoms with van der Waals surface area (Å²) in [5.41, 5.74) is -2.19. The lowest BCUT2D eigenvalue weighted by atomic mass is 9.95. The monoisotopic (exact) mass is 614 g/mol. The Morgan fingerprint density at radius 3 is 2.31 bits per heavy atom. The first-order valence-electron chi connectivity index (χ1n) is 12.3. The van der Waals surface area contributed by atoms with Crippen LogP contribution in [0.3, 0.4) is 0 Å². The second kappa shape index (κ2) is 10.6. The van der Waals surface area contributed by atoms with Crippen molar-refractivity contribution in [3.8, 4) is 0 Å². The molecule has 12 nitrogen and oxygen atoms in total. The normalized spacial score (nSPS) is 17.5. The molecule has 1 unspecified atom stereocenters. The Morgan fingerprint density at radius 2 is 1.76 bits per heavy atom. The van der Waals surface area contributed by atoms with Gasteiger partial charge in [-0.15, -0.1) is 0 Å². The number of amides is 3. The molecule has 2 aliphatic heterocycles. The molecule has 0 radical (unpaired) electrons. The molecular weight excluding hydrogens is 588 g/mol. The molecule has 0 spiro atoms. The Balaban J connectivity index is 1.75. The SMILES string of the molecule is CC(C)(C)C(=O)Nc1cc(C(F)(F)F)cnc1CC1C2=C(CN(C(=O)O)C2)CN1C(=O)c1ncc(S(N)(=O)=O)cc1F. The number of nitrogens with zero attached hydrogens (tertiary/aromatic N) is 4. The summed E-state index contributed by atoms with van der Waals surface area (Å²) in [6.45, 7) is 4.30. The number of hydrogen-bond acceptors (Lipinski definition) is 7. The number of nitrogens with two attached hydrogens (primary N) is 1. The number of hydrogen-bond donors (Lipinski definition) is 3. The molecule has 1 atom stereocenters. The van der Waals surface area contributed by atoms with E-state index in [2.05, 4.69) is 15.3 Å². The second-order valence-corrected chi connectivity index (χ2v) is 12.4. The van der Waals surface area contributed by atoms with Crippen molar-refractivity contribution >= 4 is 33.6 Å². The Kier molecular flexibility index (Phi) is 7.79. The largest absolute Gasteiger partial charge is 0.465 e. The summed E-state index contributed by atoms with van der Waals surface area (Å²) >= 11 is 0. The van der Waals surface area contributed by atoms with E-state index < -0.39 is 67.5 Å². The summed E-state index contributed by atoms with van der Waals surface area (Å²) in [7, 11) is -4.32. The molecule has 17 heteroatoms. The van der Waals surface area contributed by atoms with Gasteiger partial charge in [0.1, 0.15) is 4.90 Å². The molecule has 0 saturated heterocycles. The molecule has 0 fully saturated rings. The lowest BCUT2D eigenvalue weighted by molar-refractivity contribution is -0.137. The summed E-state index contributed by atoms with van der Waals surface area (Å²) < 4.78 is 78.5. The maximum Gasteiger partial charge on any atom is 0.417 e. The zero-order valence-corrected chi connectivity index (χ0v) is 23.3. The Labute approximate surface area is 237 Å². The van der Waals surface area contributed by atoms with Gasteiger partial charge in [0.15, 0.2) is 11.5 Å². The van der Waals surface area contributed by atoms with Crippen LogP contribution in [-0.4, -0.2) is 76.9 Å². The molecular formula is C25H26F4N6O6S. The van der Waals surface area contributed by atoms with Gasteiger partial charge in [0.05, 0.1) is 23.0 Å². The fourth-order valence-electron chi connectivity index (χ4n) is 4.57. The van der Waals surface area contributed by atoms with Gasteiger partial charge >= 0.3 is 12.3 Å². The second-order valence-electron chi connectivity index (χ2n) is 10.9. The highest BCUT2D eigenvalue weighted by atomic mass is 32.2. The standard InChI is InChI=1S/C25H26F4N6O6S/c1-24(2,3)22(37)33-18-4-13(25(27,28)29)7-31-17(18)6-19-15-11-34(23(38)39)9-12(15)10-35(19)21(36)20-16(26)5-14(8-32-20)42(30,40)41/h4-5,7-8,19H,6,9-11H2,1-3H3,(H,33,37)(H,38,39)(H2,30,40,41). The lowest BCUT2D eigenvalue weighted by Gasteiger charge is -2.30. The molecule has 2 aromatic rings. The highest BCUT2D eigenvalue weighted by molar-refractivity contribution is 7.89. The third kappa shape index (κ3) is 6.20. The van der Waals surface area contributed by atoms with E-state index in [0.29, 0.717) is 35.7 Å². The predicted molar refractivity (Wildman–Crippen MR) is 138 cm³/mol. The predicted octanol–water partition coefficient (Wildman–Crippen LogP) is 2.62. The molecule has 0 bridgehead atoms. The first kappa shape index (κ1) is 30.8. The van der Waals surface area contributed by atoms with E-state index in [9.17, 15) is 45.5 Å². The number of pyridine rings is 2. The average molecular weight is 615 g/mol. The van der Waals surface area contributed by atoms with Gasteiger partial charge in [-0.2, -0.15) is 13.2 Å². The fraction of sp³-hybridized carbons (Fsp3) is 0.400. The van der Waals surface area contributed by atoms with Crippen molar-refractivity contribution in [1.82, 2.24) is 19.8 Å². The van der Waals surface area contributed by atoms with E-state index in [1.165, 1.54) is 0 Å². The van der Waals surface area contributed by atoms with Crippen molar-refractivity contribution < 1.29 is 45.5 Å². The molecule has 0 aliphatic carbocycles. The van der Waals surface area contributed by atoms with E-state index >= 15 is 0 Å². The van der Waals surface area contributed by atoms with Crippen molar-refractivity contribution in [3.05, 3.63) is 58.4 Å². The van der Waals surface area contributed by atoms with Crippen LogP contribution in [0.4, 0.5) is 28.0 Å². The minimum absolute atomic E-state index is 0.0380. The summed E-state index contributed by atoms with van der Waals surface area (Å²) in [6, 6.07) is 0.240. The van der Waals surface area contributed by atoms with Gasteiger partial charge in [-0.25, -0.2) is 27.7 Å². The van der Waals surface area contributed by atoms with E-state index in [0.717, 1.165) is 9.80 Å². The first-order chi connectivity index (χ1) is 19.3. The molecule has 0 saturated carbocycles. The molecule has 42 heavy (non-hydrogen) atoms. The zero-order chi connectivity index (χ0) is 31.4. The molecule has 4 heterocycles. The van der Waals surface area contributed by atoms with Crippen molar-refractivity contribution in [1.29, 1.82) is 0 Å². The van der Waals surface area contributed by atoms with Crippen LogP contribution in [0, 0.1) is 11.2 Å². The van der Waals surface area contributed by atoms with Crippen LogP contribution in [0.2, 0.25) is 0 Å². The number of carbonyl (C=O) groups is 3. The Morgan fingerprint density at radius 1 is 1.10 bits per heavy atom. The number of rotatable bonds is 5. The van der Waals surface area contributed by atoms with Crippen LogP contribution in [0.25, 0.3) is 0 Å². The van der Waals surface area contributed by atoms with Gasteiger partial charge in [-0.1, -0.05) is 20.8 Å². The molecule has 0 aromatic carbocycles. The summed E-state index contributed by atoms with van der Waals surface area (Å²) in [4.78, 5) is 47.0. The van der Waals surface area contributed by atoms with Crippen LogP contribution < -0.4 is 10.5 Å². The van der Waals surface area contributed by atoms with Crippen molar-refractivity contribution in [2.45, 2.75) is 44.3 Å². The maximum atomic E-state index is 14.9. The van der Waals surface area contributed by atoms with Gasteiger partial charge in [0, 0.05) is 43.9 Å². The smallest absolute Gasteiger partial charge is 0.417 e. The summed E-state index contributed by atoms with van der Waals surface area (Å²) in [5, 5.41) is 16.9. The number of sulfonamides is 1. The topological polar surface area (TPSA) is 176 Å². The van der Waals surface area contributed by atoms with E-state index in [1.54, 1.807) is 20.8 Å².